The summed E-state index contributed by atoms with van der Waals surface area (Å²) in [7, 11) is 0. The van der Waals surface area contributed by atoms with Gasteiger partial charge in [-0.25, -0.2) is 4.98 Å². The van der Waals surface area contributed by atoms with Gasteiger partial charge < -0.3 is 15.2 Å². The van der Waals surface area contributed by atoms with Gasteiger partial charge in [0.25, 0.3) is 0 Å². The Kier molecular flexibility index (Phi) is 6.74. The second-order valence-corrected chi connectivity index (χ2v) is 8.95. The van der Waals surface area contributed by atoms with Crippen LogP contribution in [0.2, 0.25) is 0 Å². The minimum atomic E-state index is 0.254. The molecule has 6 nitrogen and oxygen atoms in total. The van der Waals surface area contributed by atoms with E-state index in [1.165, 1.54) is 16.7 Å². The van der Waals surface area contributed by atoms with Crippen molar-refractivity contribution in [3.63, 3.8) is 0 Å². The molecule has 0 unspecified atom stereocenters. The zero-order chi connectivity index (χ0) is 25.3. The Morgan fingerprint density at radius 3 is 2.51 bits per heavy atom. The van der Waals surface area contributed by atoms with E-state index in [0.717, 1.165) is 52.0 Å². The molecule has 0 radical (unpaired) electrons. The molecule has 4 aromatic rings. The molecule has 2 aromatic heterocycles. The third kappa shape index (κ3) is 4.44. The molecule has 0 bridgehead atoms. The largest absolute Gasteiger partial charge is 0.399 e. The summed E-state index contributed by atoms with van der Waals surface area (Å²) in [5, 5.41) is 8.39. The molecule has 0 amide bonds. The van der Waals surface area contributed by atoms with Crippen LogP contribution in [0.5, 0.6) is 0 Å². The standard InChI is InChI=1S/C27H28N6.C2H6/c1-16(2)33-15-29-31-27(33)25-7-6-8-26(30-25)32-14-21-10-9-20(12-24(21)19(32)5)23-13-22(28)11-17(3)18(23)4;1-2/h6-13,15-16H,5,14,28H2,1-4H3;1-2H3. The van der Waals surface area contributed by atoms with Crippen LogP contribution in [0.25, 0.3) is 28.3 Å². The molecule has 35 heavy (non-hydrogen) atoms. The van der Waals surface area contributed by atoms with E-state index in [0.29, 0.717) is 0 Å². The molecule has 6 heteroatoms. The Morgan fingerprint density at radius 1 is 1.00 bits per heavy atom. The number of aromatic nitrogens is 4. The second kappa shape index (κ2) is 9.74. The summed E-state index contributed by atoms with van der Waals surface area (Å²) >= 11 is 0. The van der Waals surface area contributed by atoms with Crippen LogP contribution < -0.4 is 10.6 Å². The van der Waals surface area contributed by atoms with Crippen molar-refractivity contribution in [1.82, 2.24) is 19.7 Å². The highest BCUT2D eigenvalue weighted by Crippen LogP contribution is 2.39. The molecule has 0 saturated heterocycles. The van der Waals surface area contributed by atoms with Crippen LogP contribution in [0.4, 0.5) is 11.5 Å². The fraction of sp³-hybridized carbons (Fsp3) is 0.276. The number of aryl methyl sites for hydroxylation is 1. The molecular formula is C29H34N6. The smallest absolute Gasteiger partial charge is 0.182 e. The molecule has 2 aromatic carbocycles. The summed E-state index contributed by atoms with van der Waals surface area (Å²) in [6, 6.07) is 16.9. The molecule has 0 fully saturated rings. The summed E-state index contributed by atoms with van der Waals surface area (Å²) in [5.74, 6) is 1.62. The van der Waals surface area contributed by atoms with E-state index in [1.807, 2.05) is 42.7 Å². The number of nitrogens with zero attached hydrogens (tertiary/aromatic N) is 5. The van der Waals surface area contributed by atoms with Crippen molar-refractivity contribution < 1.29 is 0 Å². The quantitative estimate of drug-likeness (QED) is 0.335. The van der Waals surface area contributed by atoms with Crippen LogP contribution in [0.3, 0.4) is 0 Å². The lowest BCUT2D eigenvalue weighted by Gasteiger charge is -2.19. The second-order valence-electron chi connectivity index (χ2n) is 8.95. The van der Waals surface area contributed by atoms with Crippen LogP contribution in [0, 0.1) is 13.8 Å². The van der Waals surface area contributed by atoms with E-state index < -0.39 is 0 Å². The Balaban J connectivity index is 0.00000141. The van der Waals surface area contributed by atoms with Crippen molar-refractivity contribution in [2.75, 3.05) is 10.6 Å². The van der Waals surface area contributed by atoms with E-state index in [9.17, 15) is 0 Å². The first-order valence-electron chi connectivity index (χ1n) is 12.2. The van der Waals surface area contributed by atoms with Crippen molar-refractivity contribution in [2.45, 2.75) is 54.1 Å². The Labute approximate surface area is 208 Å². The van der Waals surface area contributed by atoms with E-state index >= 15 is 0 Å². The topological polar surface area (TPSA) is 72.9 Å². The highest BCUT2D eigenvalue weighted by molar-refractivity contribution is 5.86. The van der Waals surface area contributed by atoms with Gasteiger partial charge in [-0.1, -0.05) is 38.6 Å². The Hall–Kier alpha value is -3.93. The van der Waals surface area contributed by atoms with Crippen molar-refractivity contribution in [3.8, 4) is 22.6 Å². The highest BCUT2D eigenvalue weighted by atomic mass is 15.3. The van der Waals surface area contributed by atoms with E-state index in [1.54, 1.807) is 6.33 Å². The van der Waals surface area contributed by atoms with Gasteiger partial charge in [0.15, 0.2) is 5.82 Å². The average molecular weight is 467 g/mol. The van der Waals surface area contributed by atoms with Crippen LogP contribution in [0.1, 0.15) is 56.0 Å². The summed E-state index contributed by atoms with van der Waals surface area (Å²) in [6.07, 6.45) is 1.75. The molecule has 2 N–H and O–H groups in total. The van der Waals surface area contributed by atoms with E-state index in [4.69, 9.17) is 10.7 Å². The normalized spacial score (nSPS) is 12.5. The maximum absolute atomic E-state index is 6.14. The molecule has 0 atom stereocenters. The SMILES string of the molecule is C=C1c2cc(-c3cc(N)cc(C)c3C)ccc2CN1c1cccc(-c2nncn2C(C)C)n1.CC. The summed E-state index contributed by atoms with van der Waals surface area (Å²) in [5.41, 5.74) is 15.8. The molecule has 0 saturated carbocycles. The van der Waals surface area contributed by atoms with Crippen molar-refractivity contribution in [1.29, 1.82) is 0 Å². The molecule has 1 aliphatic rings. The zero-order valence-electron chi connectivity index (χ0n) is 21.5. The van der Waals surface area contributed by atoms with E-state index in [2.05, 4.69) is 73.6 Å². The van der Waals surface area contributed by atoms with Crippen molar-refractivity contribution >= 4 is 17.2 Å². The summed E-state index contributed by atoms with van der Waals surface area (Å²) in [6.45, 7) is 17.6. The summed E-state index contributed by atoms with van der Waals surface area (Å²) in [4.78, 5) is 7.08. The van der Waals surface area contributed by atoms with Crippen molar-refractivity contribution in [2.24, 2.45) is 0 Å². The third-order valence-corrected chi connectivity index (χ3v) is 6.45. The molecule has 1 aliphatic heterocycles. The van der Waals surface area contributed by atoms with Gasteiger partial charge in [0.2, 0.25) is 0 Å². The average Bonchev–Trinajstić information content (AvgIpc) is 3.48. The van der Waals surface area contributed by atoms with Crippen LogP contribution >= 0.6 is 0 Å². The number of nitrogen functional groups attached to an aromatic ring is 1. The predicted molar refractivity (Wildman–Crippen MR) is 146 cm³/mol. The van der Waals surface area contributed by atoms with Gasteiger partial charge in [-0.15, -0.1) is 10.2 Å². The lowest BCUT2D eigenvalue weighted by atomic mass is 9.94. The number of anilines is 2. The monoisotopic (exact) mass is 466 g/mol. The predicted octanol–water partition coefficient (Wildman–Crippen LogP) is 6.80. The maximum Gasteiger partial charge on any atom is 0.182 e. The third-order valence-electron chi connectivity index (χ3n) is 6.45. The van der Waals surface area contributed by atoms with Crippen LogP contribution in [-0.4, -0.2) is 19.7 Å². The Bertz CT molecular complexity index is 1380. The fourth-order valence-corrected chi connectivity index (χ4v) is 4.47. The molecule has 3 heterocycles. The first-order chi connectivity index (χ1) is 16.8. The first-order valence-corrected chi connectivity index (χ1v) is 12.2. The molecule has 5 rings (SSSR count). The van der Waals surface area contributed by atoms with Gasteiger partial charge in [0.1, 0.15) is 17.8 Å². The van der Waals surface area contributed by atoms with Gasteiger partial charge >= 0.3 is 0 Å². The van der Waals surface area contributed by atoms with Crippen LogP contribution in [0.15, 0.2) is 61.4 Å². The minimum Gasteiger partial charge on any atom is -0.399 e. The lowest BCUT2D eigenvalue weighted by molar-refractivity contribution is 0.603. The summed E-state index contributed by atoms with van der Waals surface area (Å²) < 4.78 is 2.03. The number of hydrogen-bond donors (Lipinski definition) is 1. The minimum absolute atomic E-state index is 0.254. The van der Waals surface area contributed by atoms with Gasteiger partial charge in [0.05, 0.1) is 6.54 Å². The molecule has 180 valence electrons. The number of rotatable bonds is 4. The lowest BCUT2D eigenvalue weighted by Crippen LogP contribution is -2.15. The fourth-order valence-electron chi connectivity index (χ4n) is 4.47. The number of pyridine rings is 1. The highest BCUT2D eigenvalue weighted by Gasteiger charge is 2.26. The zero-order valence-corrected chi connectivity index (χ0v) is 21.5. The first kappa shape index (κ1) is 24.2. The maximum atomic E-state index is 6.14. The van der Waals surface area contributed by atoms with E-state index in [-0.39, 0.29) is 6.04 Å². The van der Waals surface area contributed by atoms with Crippen molar-refractivity contribution in [3.05, 3.63) is 83.7 Å². The molecule has 0 spiro atoms. The Morgan fingerprint density at radius 2 is 1.77 bits per heavy atom. The number of benzene rings is 2. The van der Waals surface area contributed by atoms with Gasteiger partial charge in [-0.3, -0.25) is 0 Å². The van der Waals surface area contributed by atoms with Gasteiger partial charge in [-0.2, -0.15) is 0 Å². The number of nitrogens with two attached hydrogens (primary N) is 1. The van der Waals surface area contributed by atoms with Gasteiger partial charge in [0, 0.05) is 23.0 Å². The van der Waals surface area contributed by atoms with Gasteiger partial charge in [-0.05, 0) is 85.8 Å². The number of hydrogen-bond acceptors (Lipinski definition) is 5. The molecule has 0 aliphatic carbocycles. The number of fused-ring (bicyclic) bond motifs is 1. The molecular weight excluding hydrogens is 432 g/mol. The van der Waals surface area contributed by atoms with Crippen LogP contribution in [-0.2, 0) is 6.54 Å².